The average molecular weight is 302 g/mol. The summed E-state index contributed by atoms with van der Waals surface area (Å²) < 4.78 is 0. The Labute approximate surface area is 128 Å². The largest absolute Gasteiger partial charge is 0.347 e. The van der Waals surface area contributed by atoms with Gasteiger partial charge in [0.1, 0.15) is 0 Å². The van der Waals surface area contributed by atoms with Gasteiger partial charge in [-0.3, -0.25) is 9.59 Å². The molecule has 1 aromatic carbocycles. The Balaban J connectivity index is 2.21. The molecule has 0 saturated heterocycles. The monoisotopic (exact) mass is 302 g/mol. The van der Waals surface area contributed by atoms with Gasteiger partial charge in [0.2, 0.25) is 0 Å². The minimum atomic E-state index is -0.331. The van der Waals surface area contributed by atoms with E-state index in [9.17, 15) is 9.59 Å². The summed E-state index contributed by atoms with van der Waals surface area (Å²) in [6.07, 6.45) is 0. The van der Waals surface area contributed by atoms with Crippen molar-refractivity contribution in [1.29, 1.82) is 0 Å². The summed E-state index contributed by atoms with van der Waals surface area (Å²) in [7, 11) is 0. The molecule has 0 aliphatic heterocycles. The lowest BCUT2D eigenvalue weighted by Crippen LogP contribution is -2.40. The fraction of sp³-hybridized carbons (Fsp3) is 0.250. The van der Waals surface area contributed by atoms with Gasteiger partial charge < -0.3 is 10.6 Å². The topological polar surface area (TPSA) is 58.2 Å². The number of thiophene rings is 1. The molecule has 0 aliphatic carbocycles. The second kappa shape index (κ2) is 6.10. The molecule has 110 valence electrons. The Morgan fingerprint density at radius 3 is 2.33 bits per heavy atom. The zero-order valence-corrected chi connectivity index (χ0v) is 13.1. The predicted molar refractivity (Wildman–Crippen MR) is 85.9 cm³/mol. The van der Waals surface area contributed by atoms with Gasteiger partial charge in [0.25, 0.3) is 11.8 Å². The van der Waals surface area contributed by atoms with E-state index in [1.54, 1.807) is 30.3 Å². The average Bonchev–Trinajstić information content (AvgIpc) is 2.91. The second-order valence-corrected chi connectivity index (χ2v) is 6.63. The van der Waals surface area contributed by atoms with Crippen molar-refractivity contribution in [2.24, 2.45) is 0 Å². The molecule has 21 heavy (non-hydrogen) atoms. The Hall–Kier alpha value is -2.14. The number of amides is 2. The van der Waals surface area contributed by atoms with Crippen LogP contribution in [0.2, 0.25) is 0 Å². The number of benzene rings is 1. The van der Waals surface area contributed by atoms with Gasteiger partial charge in [-0.2, -0.15) is 0 Å². The maximum Gasteiger partial charge on any atom is 0.265 e. The molecule has 2 N–H and O–H groups in total. The Morgan fingerprint density at radius 2 is 1.71 bits per heavy atom. The Bertz CT molecular complexity index is 643. The van der Waals surface area contributed by atoms with E-state index >= 15 is 0 Å². The Morgan fingerprint density at radius 1 is 1.00 bits per heavy atom. The van der Waals surface area contributed by atoms with Crippen molar-refractivity contribution >= 4 is 28.8 Å². The van der Waals surface area contributed by atoms with Crippen LogP contribution in [-0.4, -0.2) is 17.4 Å². The molecular formula is C16H18N2O2S. The molecule has 4 nitrogen and oxygen atoms in total. The summed E-state index contributed by atoms with van der Waals surface area (Å²) >= 11 is 1.36. The highest BCUT2D eigenvalue weighted by atomic mass is 32.1. The van der Waals surface area contributed by atoms with E-state index < -0.39 is 0 Å². The van der Waals surface area contributed by atoms with Gasteiger partial charge in [-0.25, -0.2) is 0 Å². The van der Waals surface area contributed by atoms with E-state index in [0.29, 0.717) is 16.1 Å². The number of carbonyl (C=O) groups excluding carboxylic acids is 2. The molecule has 0 radical (unpaired) electrons. The number of para-hydroxylation sites is 1. The minimum Gasteiger partial charge on any atom is -0.347 e. The van der Waals surface area contributed by atoms with Crippen LogP contribution in [0.1, 0.15) is 40.8 Å². The van der Waals surface area contributed by atoms with Crippen molar-refractivity contribution in [2.75, 3.05) is 5.32 Å². The SMILES string of the molecule is CC(C)(C)NC(=O)c1ccccc1NC(=O)c1cccs1. The van der Waals surface area contributed by atoms with Crippen LogP contribution in [-0.2, 0) is 0 Å². The van der Waals surface area contributed by atoms with Gasteiger partial charge in [-0.15, -0.1) is 11.3 Å². The quantitative estimate of drug-likeness (QED) is 0.911. The van der Waals surface area contributed by atoms with Gasteiger partial charge in [0, 0.05) is 5.54 Å². The summed E-state index contributed by atoms with van der Waals surface area (Å²) in [6, 6.07) is 10.6. The fourth-order valence-corrected chi connectivity index (χ4v) is 2.41. The highest BCUT2D eigenvalue weighted by molar-refractivity contribution is 7.12. The first kappa shape index (κ1) is 15.3. The van der Waals surface area contributed by atoms with Crippen LogP contribution >= 0.6 is 11.3 Å². The number of hydrogen-bond acceptors (Lipinski definition) is 3. The molecular weight excluding hydrogens is 284 g/mol. The lowest BCUT2D eigenvalue weighted by molar-refractivity contribution is 0.0920. The smallest absolute Gasteiger partial charge is 0.265 e. The van der Waals surface area contributed by atoms with Crippen molar-refractivity contribution in [3.05, 3.63) is 52.2 Å². The summed E-state index contributed by atoms with van der Waals surface area (Å²) in [5, 5.41) is 7.53. The summed E-state index contributed by atoms with van der Waals surface area (Å²) in [5.41, 5.74) is 0.636. The molecule has 2 aromatic rings. The number of carbonyl (C=O) groups is 2. The minimum absolute atomic E-state index is 0.204. The highest BCUT2D eigenvalue weighted by Gasteiger charge is 2.19. The molecule has 0 fully saturated rings. The van der Waals surface area contributed by atoms with E-state index in [1.807, 2.05) is 32.2 Å². The van der Waals surface area contributed by atoms with Crippen LogP contribution in [0, 0.1) is 0 Å². The molecule has 0 unspecified atom stereocenters. The molecule has 1 heterocycles. The number of anilines is 1. The van der Waals surface area contributed by atoms with Crippen LogP contribution < -0.4 is 10.6 Å². The van der Waals surface area contributed by atoms with E-state index in [2.05, 4.69) is 10.6 Å². The van der Waals surface area contributed by atoms with Gasteiger partial charge in [0.15, 0.2) is 0 Å². The molecule has 1 aromatic heterocycles. The van der Waals surface area contributed by atoms with E-state index in [0.717, 1.165) is 0 Å². The van der Waals surface area contributed by atoms with Crippen molar-refractivity contribution < 1.29 is 9.59 Å². The van der Waals surface area contributed by atoms with Gasteiger partial charge in [0.05, 0.1) is 16.1 Å². The lowest BCUT2D eigenvalue weighted by Gasteiger charge is -2.21. The maximum absolute atomic E-state index is 12.3. The second-order valence-electron chi connectivity index (χ2n) is 5.68. The maximum atomic E-state index is 12.3. The van der Waals surface area contributed by atoms with Crippen LogP contribution in [0.5, 0.6) is 0 Å². The number of hydrogen-bond donors (Lipinski definition) is 2. The Kier molecular flexibility index (Phi) is 4.43. The zero-order chi connectivity index (χ0) is 15.5. The first-order valence-electron chi connectivity index (χ1n) is 6.63. The fourth-order valence-electron chi connectivity index (χ4n) is 1.79. The third-order valence-corrected chi connectivity index (χ3v) is 3.52. The molecule has 0 spiro atoms. The van der Waals surface area contributed by atoms with Gasteiger partial charge in [-0.05, 0) is 44.4 Å². The van der Waals surface area contributed by atoms with E-state index in [-0.39, 0.29) is 17.4 Å². The van der Waals surface area contributed by atoms with Gasteiger partial charge >= 0.3 is 0 Å². The highest BCUT2D eigenvalue weighted by Crippen LogP contribution is 2.18. The zero-order valence-electron chi connectivity index (χ0n) is 12.3. The van der Waals surface area contributed by atoms with Crippen LogP contribution in [0.4, 0.5) is 5.69 Å². The van der Waals surface area contributed by atoms with Crippen LogP contribution in [0.15, 0.2) is 41.8 Å². The lowest BCUT2D eigenvalue weighted by atomic mass is 10.1. The predicted octanol–water partition coefficient (Wildman–Crippen LogP) is 3.53. The van der Waals surface area contributed by atoms with Crippen LogP contribution in [0.3, 0.4) is 0 Å². The third kappa shape index (κ3) is 4.16. The van der Waals surface area contributed by atoms with E-state index in [1.165, 1.54) is 11.3 Å². The molecule has 2 amide bonds. The molecule has 0 aliphatic rings. The van der Waals surface area contributed by atoms with Crippen molar-refractivity contribution in [1.82, 2.24) is 5.32 Å². The van der Waals surface area contributed by atoms with Crippen molar-refractivity contribution in [3.63, 3.8) is 0 Å². The third-order valence-electron chi connectivity index (χ3n) is 2.65. The first-order chi connectivity index (χ1) is 9.87. The first-order valence-corrected chi connectivity index (χ1v) is 7.51. The summed E-state index contributed by atoms with van der Waals surface area (Å²) in [6.45, 7) is 5.74. The molecule has 5 heteroatoms. The van der Waals surface area contributed by atoms with Crippen LogP contribution in [0.25, 0.3) is 0 Å². The van der Waals surface area contributed by atoms with Crippen molar-refractivity contribution in [3.8, 4) is 0 Å². The van der Waals surface area contributed by atoms with E-state index in [4.69, 9.17) is 0 Å². The van der Waals surface area contributed by atoms with Crippen molar-refractivity contribution in [2.45, 2.75) is 26.3 Å². The molecule has 0 saturated carbocycles. The normalized spacial score (nSPS) is 11.0. The molecule has 2 rings (SSSR count). The summed E-state index contributed by atoms with van der Waals surface area (Å²) in [4.78, 5) is 25.0. The number of rotatable bonds is 3. The molecule has 0 bridgehead atoms. The standard InChI is InChI=1S/C16H18N2O2S/c1-16(2,3)18-14(19)11-7-4-5-8-12(11)17-15(20)13-9-6-10-21-13/h4-10H,1-3H3,(H,17,20)(H,18,19). The van der Waals surface area contributed by atoms with Gasteiger partial charge in [-0.1, -0.05) is 18.2 Å². The number of nitrogens with one attached hydrogen (secondary N) is 2. The molecule has 0 atom stereocenters. The summed E-state index contributed by atoms with van der Waals surface area (Å²) in [5.74, 6) is -0.411.